The molecule has 182 valence electrons. The topological polar surface area (TPSA) is 21.1 Å². The van der Waals surface area contributed by atoms with Crippen LogP contribution in [0, 0.1) is 20.8 Å². The molecule has 4 heteroatoms. The summed E-state index contributed by atoms with van der Waals surface area (Å²) in [5.41, 5.74) is 13.2. The van der Waals surface area contributed by atoms with Crippen molar-refractivity contribution in [2.45, 2.75) is 20.8 Å². The van der Waals surface area contributed by atoms with Crippen LogP contribution in [0.2, 0.25) is 0 Å². The molecule has 0 spiro atoms. The third kappa shape index (κ3) is 3.48. The maximum Gasteiger partial charge on any atom is 0.422 e. The molecule has 0 unspecified atom stereocenters. The fraction of sp³-hybridized carbons (Fsp3) is 0.0882. The first-order valence-corrected chi connectivity index (χ1v) is 13.2. The summed E-state index contributed by atoms with van der Waals surface area (Å²) in [4.78, 5) is 7.74. The van der Waals surface area contributed by atoms with Crippen LogP contribution in [0.1, 0.15) is 16.7 Å². The number of fused-ring (bicyclic) bond motifs is 5. The molecule has 5 aromatic carbocycles. The van der Waals surface area contributed by atoms with Crippen molar-refractivity contribution in [3.8, 4) is 22.5 Å². The Morgan fingerprint density at radius 2 is 1.29 bits per heavy atom. The summed E-state index contributed by atoms with van der Waals surface area (Å²) in [6.07, 6.45) is 0. The number of nitrogens with zero attached hydrogens (tertiary/aromatic N) is 3. The molecule has 2 heterocycles. The number of hydrogen-bond donors (Lipinski definition) is 0. The van der Waals surface area contributed by atoms with Gasteiger partial charge in [0.15, 0.2) is 0 Å². The van der Waals surface area contributed by atoms with Crippen molar-refractivity contribution < 1.29 is 0 Å². The quantitative estimate of drug-likeness (QED) is 0.238. The summed E-state index contributed by atoms with van der Waals surface area (Å²) in [6.45, 7) is 6.59. The first-order valence-electron chi connectivity index (χ1n) is 13.2. The second-order valence-corrected chi connectivity index (χ2v) is 10.3. The molecule has 1 aliphatic rings. The molecular formula is C34H28BN3. The minimum atomic E-state index is -0.0736. The molecule has 0 fully saturated rings. The molecule has 3 nitrogen and oxygen atoms in total. The lowest BCUT2D eigenvalue weighted by atomic mass is 9.59. The first-order chi connectivity index (χ1) is 18.6. The van der Waals surface area contributed by atoms with Gasteiger partial charge in [-0.25, -0.2) is 4.98 Å². The van der Waals surface area contributed by atoms with Crippen LogP contribution in [0.5, 0.6) is 0 Å². The van der Waals surface area contributed by atoms with Crippen LogP contribution >= 0.6 is 0 Å². The number of para-hydroxylation sites is 3. The van der Waals surface area contributed by atoms with Gasteiger partial charge in [-0.3, -0.25) is 0 Å². The Balaban J connectivity index is 1.59. The average molecular weight is 489 g/mol. The van der Waals surface area contributed by atoms with Crippen LogP contribution in [-0.4, -0.2) is 16.4 Å². The van der Waals surface area contributed by atoms with Gasteiger partial charge in [0.1, 0.15) is 5.82 Å². The van der Waals surface area contributed by atoms with Gasteiger partial charge in [-0.2, -0.15) is 0 Å². The molecule has 0 radical (unpaired) electrons. The third-order valence-corrected chi connectivity index (χ3v) is 7.72. The second-order valence-electron chi connectivity index (χ2n) is 10.3. The maximum absolute atomic E-state index is 5.25. The Kier molecular flexibility index (Phi) is 5.22. The fourth-order valence-electron chi connectivity index (χ4n) is 6.19. The number of hydrogen-bond acceptors (Lipinski definition) is 2. The second kappa shape index (κ2) is 8.78. The Morgan fingerprint density at radius 3 is 2.03 bits per heavy atom. The Hall–Kier alpha value is -4.57. The summed E-state index contributed by atoms with van der Waals surface area (Å²) < 4.78 is 2.45. The Morgan fingerprint density at radius 1 is 0.632 bits per heavy atom. The van der Waals surface area contributed by atoms with Crippen molar-refractivity contribution in [1.29, 1.82) is 0 Å². The number of aromatic nitrogens is 2. The van der Waals surface area contributed by atoms with E-state index in [2.05, 4.69) is 145 Å². The molecule has 0 amide bonds. The highest BCUT2D eigenvalue weighted by Gasteiger charge is 2.41. The lowest BCUT2D eigenvalue weighted by Crippen LogP contribution is -2.55. The molecule has 0 aliphatic carbocycles. The molecule has 0 saturated heterocycles. The van der Waals surface area contributed by atoms with Crippen molar-refractivity contribution >= 4 is 34.9 Å². The number of imidazole rings is 1. The van der Waals surface area contributed by atoms with Crippen molar-refractivity contribution in [2.24, 2.45) is 0 Å². The summed E-state index contributed by atoms with van der Waals surface area (Å²) in [5.74, 6) is 1.01. The van der Waals surface area contributed by atoms with Crippen LogP contribution in [0.15, 0.2) is 115 Å². The van der Waals surface area contributed by atoms with E-state index in [-0.39, 0.29) is 6.98 Å². The fourth-order valence-corrected chi connectivity index (χ4v) is 6.19. The largest absolute Gasteiger partial charge is 0.422 e. The predicted octanol–water partition coefficient (Wildman–Crippen LogP) is 7.69. The summed E-state index contributed by atoms with van der Waals surface area (Å²) in [5, 5.41) is 0. The van der Waals surface area contributed by atoms with E-state index < -0.39 is 0 Å². The van der Waals surface area contributed by atoms with Gasteiger partial charge in [0.05, 0.1) is 11.0 Å². The summed E-state index contributed by atoms with van der Waals surface area (Å²) in [7, 11) is 0. The van der Waals surface area contributed by atoms with Crippen molar-refractivity contribution in [3.05, 3.63) is 132 Å². The molecule has 6 aromatic rings. The molecule has 1 aliphatic heterocycles. The maximum atomic E-state index is 5.25. The van der Waals surface area contributed by atoms with Gasteiger partial charge in [0, 0.05) is 16.9 Å². The van der Waals surface area contributed by atoms with E-state index in [1.54, 1.807) is 0 Å². The van der Waals surface area contributed by atoms with Gasteiger partial charge in [-0.15, -0.1) is 0 Å². The molecule has 38 heavy (non-hydrogen) atoms. The van der Waals surface area contributed by atoms with E-state index in [1.165, 1.54) is 39.0 Å². The molecular weight excluding hydrogens is 461 g/mol. The predicted molar refractivity (Wildman–Crippen MR) is 161 cm³/mol. The van der Waals surface area contributed by atoms with Crippen LogP contribution in [0.4, 0.5) is 11.4 Å². The zero-order valence-corrected chi connectivity index (χ0v) is 21.9. The highest BCUT2D eigenvalue weighted by atomic mass is 15.2. The Bertz CT molecular complexity index is 1780. The lowest BCUT2D eigenvalue weighted by molar-refractivity contribution is 1.13. The number of anilines is 2. The van der Waals surface area contributed by atoms with Crippen LogP contribution in [0.3, 0.4) is 0 Å². The highest BCUT2D eigenvalue weighted by Crippen LogP contribution is 2.44. The van der Waals surface area contributed by atoms with Crippen molar-refractivity contribution in [3.63, 3.8) is 0 Å². The number of rotatable bonds is 3. The average Bonchev–Trinajstić information content (AvgIpc) is 3.33. The van der Waals surface area contributed by atoms with Crippen LogP contribution in [0.25, 0.3) is 33.5 Å². The van der Waals surface area contributed by atoms with Gasteiger partial charge < -0.3 is 9.29 Å². The van der Waals surface area contributed by atoms with Crippen LogP contribution in [-0.2, 0) is 0 Å². The van der Waals surface area contributed by atoms with E-state index >= 15 is 0 Å². The zero-order valence-electron chi connectivity index (χ0n) is 21.9. The van der Waals surface area contributed by atoms with E-state index in [0.29, 0.717) is 0 Å². The first kappa shape index (κ1) is 22.6. The summed E-state index contributed by atoms with van der Waals surface area (Å²) in [6, 6.07) is 41.3. The van der Waals surface area contributed by atoms with Crippen molar-refractivity contribution in [1.82, 2.24) is 9.46 Å². The SMILES string of the molecule is Cc1cc(C)c(B2N(c3ccccc3)c3ccc(-c4ccccc4)cc3-c3nc4ccccc4n32)c(C)c1. The van der Waals surface area contributed by atoms with E-state index in [0.717, 1.165) is 28.1 Å². The number of aryl methyl sites for hydroxylation is 3. The smallest absolute Gasteiger partial charge is 0.361 e. The third-order valence-electron chi connectivity index (χ3n) is 7.72. The van der Waals surface area contributed by atoms with Gasteiger partial charge in [0.2, 0.25) is 0 Å². The van der Waals surface area contributed by atoms with Gasteiger partial charge >= 0.3 is 6.98 Å². The minimum Gasteiger partial charge on any atom is -0.361 e. The van der Waals surface area contributed by atoms with Gasteiger partial charge in [0.25, 0.3) is 0 Å². The molecule has 0 saturated carbocycles. The van der Waals surface area contributed by atoms with Crippen LogP contribution < -0.4 is 10.3 Å². The zero-order chi connectivity index (χ0) is 25.8. The molecule has 0 bridgehead atoms. The Labute approximate surface area is 224 Å². The van der Waals surface area contributed by atoms with Crippen molar-refractivity contribution in [2.75, 3.05) is 4.81 Å². The molecule has 0 atom stereocenters. The molecule has 1 aromatic heterocycles. The minimum absolute atomic E-state index is 0.0736. The van der Waals surface area contributed by atoms with E-state index in [9.17, 15) is 0 Å². The number of benzene rings is 5. The lowest BCUT2D eigenvalue weighted by Gasteiger charge is -2.39. The van der Waals surface area contributed by atoms with E-state index in [1.807, 2.05) is 0 Å². The van der Waals surface area contributed by atoms with E-state index in [4.69, 9.17) is 4.98 Å². The normalized spacial score (nSPS) is 12.5. The molecule has 7 rings (SSSR count). The highest BCUT2D eigenvalue weighted by molar-refractivity contribution is 6.79. The van der Waals surface area contributed by atoms with Gasteiger partial charge in [-0.05, 0) is 73.8 Å². The monoisotopic (exact) mass is 489 g/mol. The molecule has 0 N–H and O–H groups in total. The van der Waals surface area contributed by atoms with Gasteiger partial charge in [-0.1, -0.05) is 95.6 Å². The standard InChI is InChI=1S/C34H28BN3/c1-23-20-24(2)33(25(3)21-23)35-37(28-14-8-5-9-15-28)31-19-18-27(26-12-6-4-7-13-26)22-29(31)34-36-30-16-10-11-17-32(30)38(34)35/h4-22H,1-3H3. The summed E-state index contributed by atoms with van der Waals surface area (Å²) >= 11 is 0.